The first-order chi connectivity index (χ1) is 11.1. The molecule has 2 atom stereocenters. The van der Waals surface area contributed by atoms with Gasteiger partial charge >= 0.3 is 5.97 Å². The van der Waals surface area contributed by atoms with Crippen LogP contribution in [0.15, 0.2) is 36.9 Å². The topological polar surface area (TPSA) is 46.6 Å². The standard InChI is InChI=1S/C19H23NO3/c1-3-19(13-17(21)23-4-2)15-10-6-5-9-14(15)18(22)20-12-8-7-11-16(19)20/h3,5-6,9-10,16H,1,4,7-8,11-13H2,2H3/t16-,19+/m1/s1. The molecule has 1 aromatic rings. The molecule has 3 rings (SSSR count). The lowest BCUT2D eigenvalue weighted by Gasteiger charge is -2.51. The summed E-state index contributed by atoms with van der Waals surface area (Å²) in [6.07, 6.45) is 5.06. The molecule has 0 aromatic heterocycles. The van der Waals surface area contributed by atoms with Crippen molar-refractivity contribution >= 4 is 11.9 Å². The van der Waals surface area contributed by atoms with Crippen molar-refractivity contribution in [1.29, 1.82) is 0 Å². The number of fused-ring (bicyclic) bond motifs is 2. The lowest BCUT2D eigenvalue weighted by atomic mass is 9.65. The molecule has 1 fully saturated rings. The molecule has 2 aliphatic heterocycles. The van der Waals surface area contributed by atoms with Gasteiger partial charge in [0.2, 0.25) is 0 Å². The largest absolute Gasteiger partial charge is 0.466 e. The maximum Gasteiger partial charge on any atom is 0.307 e. The number of benzene rings is 1. The molecule has 2 heterocycles. The fourth-order valence-electron chi connectivity index (χ4n) is 4.10. The van der Waals surface area contributed by atoms with E-state index in [1.165, 1.54) is 0 Å². The van der Waals surface area contributed by atoms with Gasteiger partial charge < -0.3 is 9.64 Å². The highest BCUT2D eigenvalue weighted by molar-refractivity contribution is 5.98. The Labute approximate surface area is 137 Å². The third kappa shape index (κ3) is 2.46. The van der Waals surface area contributed by atoms with Crippen LogP contribution in [0.4, 0.5) is 0 Å². The number of nitrogens with zero attached hydrogens (tertiary/aromatic N) is 1. The monoisotopic (exact) mass is 313 g/mol. The number of ether oxygens (including phenoxy) is 1. The number of hydrogen-bond acceptors (Lipinski definition) is 3. The quantitative estimate of drug-likeness (QED) is 0.634. The zero-order valence-corrected chi connectivity index (χ0v) is 13.6. The van der Waals surface area contributed by atoms with E-state index in [1.807, 2.05) is 42.2 Å². The van der Waals surface area contributed by atoms with Crippen molar-refractivity contribution in [1.82, 2.24) is 4.90 Å². The molecule has 0 spiro atoms. The fourth-order valence-corrected chi connectivity index (χ4v) is 4.10. The molecule has 1 amide bonds. The minimum Gasteiger partial charge on any atom is -0.466 e. The summed E-state index contributed by atoms with van der Waals surface area (Å²) < 4.78 is 5.20. The summed E-state index contributed by atoms with van der Waals surface area (Å²) in [5.41, 5.74) is 1.04. The van der Waals surface area contributed by atoms with Crippen LogP contribution in [0.2, 0.25) is 0 Å². The average molecular weight is 313 g/mol. The van der Waals surface area contributed by atoms with Crippen LogP contribution < -0.4 is 0 Å². The zero-order chi connectivity index (χ0) is 16.4. The molecule has 0 unspecified atom stereocenters. The smallest absolute Gasteiger partial charge is 0.307 e. The Morgan fingerprint density at radius 1 is 1.43 bits per heavy atom. The summed E-state index contributed by atoms with van der Waals surface area (Å²) in [5, 5.41) is 0. The van der Waals surface area contributed by atoms with Crippen molar-refractivity contribution in [3.63, 3.8) is 0 Å². The van der Waals surface area contributed by atoms with Crippen LogP contribution in [-0.4, -0.2) is 36.0 Å². The van der Waals surface area contributed by atoms with E-state index in [2.05, 4.69) is 6.58 Å². The maximum atomic E-state index is 12.8. The van der Waals surface area contributed by atoms with Crippen molar-refractivity contribution in [2.45, 2.75) is 44.1 Å². The van der Waals surface area contributed by atoms with E-state index in [0.717, 1.165) is 31.4 Å². The molecule has 2 aliphatic rings. The summed E-state index contributed by atoms with van der Waals surface area (Å²) >= 11 is 0. The predicted octanol–water partition coefficient (Wildman–Crippen LogP) is 3.07. The lowest BCUT2D eigenvalue weighted by molar-refractivity contribution is -0.145. The van der Waals surface area contributed by atoms with E-state index in [-0.39, 0.29) is 24.3 Å². The SMILES string of the molecule is C=C[C@]1(CC(=O)OCC)c2ccccc2C(=O)N2CCCC[C@@H]21. The Bertz CT molecular complexity index is 639. The second-order valence-corrected chi connectivity index (χ2v) is 6.28. The summed E-state index contributed by atoms with van der Waals surface area (Å²) in [4.78, 5) is 27.0. The van der Waals surface area contributed by atoms with Crippen LogP contribution in [0.5, 0.6) is 0 Å². The Morgan fingerprint density at radius 3 is 2.96 bits per heavy atom. The van der Waals surface area contributed by atoms with E-state index in [4.69, 9.17) is 4.74 Å². The first-order valence-electron chi connectivity index (χ1n) is 8.33. The molecular formula is C19H23NO3. The average Bonchev–Trinajstić information content (AvgIpc) is 2.59. The van der Waals surface area contributed by atoms with E-state index in [1.54, 1.807) is 0 Å². The van der Waals surface area contributed by atoms with Crippen LogP contribution in [0, 0.1) is 0 Å². The molecular weight excluding hydrogens is 290 g/mol. The van der Waals surface area contributed by atoms with Crippen molar-refractivity contribution in [2.75, 3.05) is 13.2 Å². The number of piperidine rings is 1. The Hall–Kier alpha value is -2.10. The Morgan fingerprint density at radius 2 is 2.22 bits per heavy atom. The third-order valence-electron chi connectivity index (χ3n) is 5.12. The summed E-state index contributed by atoms with van der Waals surface area (Å²) in [6.45, 7) is 6.96. The molecule has 0 radical (unpaired) electrons. The van der Waals surface area contributed by atoms with Gasteiger partial charge in [0.1, 0.15) is 0 Å². The van der Waals surface area contributed by atoms with Crippen LogP contribution >= 0.6 is 0 Å². The molecule has 23 heavy (non-hydrogen) atoms. The highest BCUT2D eigenvalue weighted by Gasteiger charge is 2.50. The van der Waals surface area contributed by atoms with Gasteiger partial charge in [-0.05, 0) is 37.8 Å². The molecule has 1 aromatic carbocycles. The van der Waals surface area contributed by atoms with Gasteiger partial charge in [0.05, 0.1) is 13.0 Å². The second-order valence-electron chi connectivity index (χ2n) is 6.28. The highest BCUT2D eigenvalue weighted by atomic mass is 16.5. The molecule has 4 heteroatoms. The Balaban J connectivity index is 2.13. The Kier molecular flexibility index (Phi) is 4.24. The van der Waals surface area contributed by atoms with E-state index >= 15 is 0 Å². The van der Waals surface area contributed by atoms with Gasteiger partial charge in [-0.2, -0.15) is 0 Å². The van der Waals surface area contributed by atoms with Crippen LogP contribution in [0.1, 0.15) is 48.5 Å². The van der Waals surface area contributed by atoms with Gasteiger partial charge in [-0.1, -0.05) is 24.3 Å². The van der Waals surface area contributed by atoms with Gasteiger partial charge in [-0.3, -0.25) is 9.59 Å². The van der Waals surface area contributed by atoms with Crippen molar-refractivity contribution in [2.24, 2.45) is 0 Å². The molecule has 122 valence electrons. The van der Waals surface area contributed by atoms with Crippen LogP contribution in [0.25, 0.3) is 0 Å². The number of esters is 1. The molecule has 4 nitrogen and oxygen atoms in total. The third-order valence-corrected chi connectivity index (χ3v) is 5.12. The van der Waals surface area contributed by atoms with Gasteiger partial charge in [0.15, 0.2) is 0 Å². The summed E-state index contributed by atoms with van der Waals surface area (Å²) in [5.74, 6) is -0.159. The molecule has 0 saturated carbocycles. The minimum atomic E-state index is -0.558. The summed E-state index contributed by atoms with van der Waals surface area (Å²) in [6, 6.07) is 7.60. The van der Waals surface area contributed by atoms with E-state index in [9.17, 15) is 9.59 Å². The van der Waals surface area contributed by atoms with Crippen molar-refractivity contribution < 1.29 is 14.3 Å². The molecule has 1 saturated heterocycles. The number of carbonyl (C=O) groups is 2. The summed E-state index contributed by atoms with van der Waals surface area (Å²) in [7, 11) is 0. The first kappa shape index (κ1) is 15.8. The minimum absolute atomic E-state index is 0.0134. The lowest BCUT2D eigenvalue weighted by Crippen LogP contribution is -2.59. The van der Waals surface area contributed by atoms with Crippen LogP contribution in [0.3, 0.4) is 0 Å². The first-order valence-corrected chi connectivity index (χ1v) is 8.33. The fraction of sp³-hybridized carbons (Fsp3) is 0.474. The maximum absolute atomic E-state index is 12.8. The van der Waals surface area contributed by atoms with Crippen LogP contribution in [-0.2, 0) is 14.9 Å². The molecule has 0 aliphatic carbocycles. The molecule has 0 bridgehead atoms. The predicted molar refractivity (Wildman–Crippen MR) is 88.2 cm³/mol. The zero-order valence-electron chi connectivity index (χ0n) is 13.6. The number of carbonyl (C=O) groups excluding carboxylic acids is 2. The normalized spacial score (nSPS) is 26.2. The van der Waals surface area contributed by atoms with Gasteiger partial charge in [-0.25, -0.2) is 0 Å². The van der Waals surface area contributed by atoms with Crippen molar-refractivity contribution in [3.05, 3.63) is 48.0 Å². The number of amides is 1. The number of rotatable bonds is 4. The van der Waals surface area contributed by atoms with E-state index < -0.39 is 5.41 Å². The number of hydrogen-bond donors (Lipinski definition) is 0. The highest BCUT2D eigenvalue weighted by Crippen LogP contribution is 2.45. The second kappa shape index (κ2) is 6.19. The van der Waals surface area contributed by atoms with Crippen molar-refractivity contribution in [3.8, 4) is 0 Å². The van der Waals surface area contributed by atoms with Gasteiger partial charge in [-0.15, -0.1) is 6.58 Å². The van der Waals surface area contributed by atoms with E-state index in [0.29, 0.717) is 12.2 Å². The van der Waals surface area contributed by atoms with Gasteiger partial charge in [0, 0.05) is 23.6 Å². The van der Waals surface area contributed by atoms with Gasteiger partial charge in [0.25, 0.3) is 5.91 Å². The molecule has 0 N–H and O–H groups in total.